The second-order valence-corrected chi connectivity index (χ2v) is 3.30. The molecule has 0 aromatic heterocycles. The van der Waals surface area contributed by atoms with Crippen LogP contribution in [0.5, 0.6) is 0 Å². The van der Waals surface area contributed by atoms with Gasteiger partial charge in [0, 0.05) is 0 Å². The molecule has 0 saturated carbocycles. The Morgan fingerprint density at radius 1 is 1.67 bits per heavy atom. The van der Waals surface area contributed by atoms with Gasteiger partial charge in [0.05, 0.1) is 24.2 Å². The van der Waals surface area contributed by atoms with E-state index < -0.39 is 18.0 Å². The van der Waals surface area contributed by atoms with E-state index in [9.17, 15) is 4.79 Å². The van der Waals surface area contributed by atoms with Crippen LogP contribution in [-0.4, -0.2) is 34.5 Å². The van der Waals surface area contributed by atoms with E-state index in [1.54, 1.807) is 13.8 Å². The van der Waals surface area contributed by atoms with Crippen molar-refractivity contribution in [1.29, 1.82) is 0 Å². The Hall–Kier alpha value is -0.610. The SMILES string of the molecule is C[C@@H]1O[C@@H]([C@@H](C)O)C[C@H]1C(=O)O. The van der Waals surface area contributed by atoms with Crippen LogP contribution >= 0.6 is 0 Å². The zero-order chi connectivity index (χ0) is 9.30. The van der Waals surface area contributed by atoms with Crippen LogP contribution in [0.2, 0.25) is 0 Å². The molecule has 0 spiro atoms. The number of carbonyl (C=O) groups is 1. The number of aliphatic hydroxyl groups excluding tert-OH is 1. The van der Waals surface area contributed by atoms with Gasteiger partial charge in [0.15, 0.2) is 0 Å². The summed E-state index contributed by atoms with van der Waals surface area (Å²) in [5.41, 5.74) is 0. The minimum atomic E-state index is -0.842. The first-order chi connectivity index (χ1) is 5.52. The van der Waals surface area contributed by atoms with Crippen molar-refractivity contribution in [1.82, 2.24) is 0 Å². The lowest BCUT2D eigenvalue weighted by Crippen LogP contribution is -2.22. The van der Waals surface area contributed by atoms with Gasteiger partial charge in [-0.1, -0.05) is 0 Å². The first-order valence-electron chi connectivity index (χ1n) is 4.08. The molecule has 0 radical (unpaired) electrons. The molecule has 2 N–H and O–H groups in total. The van der Waals surface area contributed by atoms with Gasteiger partial charge in [-0.05, 0) is 20.3 Å². The maximum absolute atomic E-state index is 10.6. The van der Waals surface area contributed by atoms with Crippen molar-refractivity contribution in [3.63, 3.8) is 0 Å². The van der Waals surface area contributed by atoms with Crippen LogP contribution < -0.4 is 0 Å². The van der Waals surface area contributed by atoms with Gasteiger partial charge >= 0.3 is 5.97 Å². The molecule has 4 heteroatoms. The molecule has 4 atom stereocenters. The van der Waals surface area contributed by atoms with Crippen molar-refractivity contribution >= 4 is 5.97 Å². The monoisotopic (exact) mass is 174 g/mol. The molecule has 1 rings (SSSR count). The van der Waals surface area contributed by atoms with Gasteiger partial charge in [0.25, 0.3) is 0 Å². The summed E-state index contributed by atoms with van der Waals surface area (Å²) in [6, 6.07) is 0. The van der Waals surface area contributed by atoms with Crippen LogP contribution in [0.15, 0.2) is 0 Å². The Bertz CT molecular complexity index is 178. The van der Waals surface area contributed by atoms with E-state index in [1.165, 1.54) is 0 Å². The number of carboxylic acids is 1. The quantitative estimate of drug-likeness (QED) is 0.629. The lowest BCUT2D eigenvalue weighted by Gasteiger charge is -2.12. The number of aliphatic hydroxyl groups is 1. The van der Waals surface area contributed by atoms with E-state index in [0.717, 1.165) is 0 Å². The Morgan fingerprint density at radius 3 is 2.50 bits per heavy atom. The fourth-order valence-electron chi connectivity index (χ4n) is 1.48. The van der Waals surface area contributed by atoms with Gasteiger partial charge in [0.1, 0.15) is 0 Å². The van der Waals surface area contributed by atoms with Crippen LogP contribution in [0.4, 0.5) is 0 Å². The summed E-state index contributed by atoms with van der Waals surface area (Å²) in [5, 5.41) is 17.9. The highest BCUT2D eigenvalue weighted by molar-refractivity contribution is 5.71. The summed E-state index contributed by atoms with van der Waals surface area (Å²) in [6.07, 6.45) is -0.784. The van der Waals surface area contributed by atoms with E-state index in [0.29, 0.717) is 6.42 Å². The highest BCUT2D eigenvalue weighted by Crippen LogP contribution is 2.28. The molecule has 70 valence electrons. The summed E-state index contributed by atoms with van der Waals surface area (Å²) < 4.78 is 5.27. The summed E-state index contributed by atoms with van der Waals surface area (Å²) in [7, 11) is 0. The zero-order valence-corrected chi connectivity index (χ0v) is 7.23. The van der Waals surface area contributed by atoms with Crippen LogP contribution in [-0.2, 0) is 9.53 Å². The number of rotatable bonds is 2. The van der Waals surface area contributed by atoms with Crippen LogP contribution in [0, 0.1) is 5.92 Å². The average Bonchev–Trinajstić information content (AvgIpc) is 2.30. The van der Waals surface area contributed by atoms with Gasteiger partial charge in [-0.3, -0.25) is 4.79 Å². The number of carboxylic acid groups (broad SMARTS) is 1. The molecule has 0 aliphatic carbocycles. The van der Waals surface area contributed by atoms with E-state index in [-0.39, 0.29) is 12.2 Å². The van der Waals surface area contributed by atoms with Crippen LogP contribution in [0.3, 0.4) is 0 Å². The third-order valence-electron chi connectivity index (χ3n) is 2.30. The molecule has 1 fully saturated rings. The molecule has 4 nitrogen and oxygen atoms in total. The van der Waals surface area contributed by atoms with Crippen LogP contribution in [0.1, 0.15) is 20.3 Å². The molecule has 0 aromatic carbocycles. The highest BCUT2D eigenvalue weighted by atomic mass is 16.5. The Kier molecular flexibility index (Phi) is 2.69. The first kappa shape index (κ1) is 9.48. The molecule has 0 amide bonds. The third kappa shape index (κ3) is 1.76. The molecule has 1 saturated heterocycles. The van der Waals surface area contributed by atoms with Crippen molar-refractivity contribution < 1.29 is 19.7 Å². The summed E-state index contributed by atoms with van der Waals surface area (Å²) >= 11 is 0. The number of hydrogen-bond acceptors (Lipinski definition) is 3. The standard InChI is InChI=1S/C8H14O4/c1-4(9)7-3-6(8(10)11)5(2)12-7/h4-7,9H,3H2,1-2H3,(H,10,11)/t4-,5+,6-,7-/m1/s1. The van der Waals surface area contributed by atoms with Gasteiger partial charge in [-0.2, -0.15) is 0 Å². The van der Waals surface area contributed by atoms with Crippen molar-refractivity contribution in [2.45, 2.75) is 38.6 Å². The number of aliphatic carboxylic acids is 1. The zero-order valence-electron chi connectivity index (χ0n) is 7.23. The molecular formula is C8H14O4. The summed E-state index contributed by atoms with van der Waals surface area (Å²) in [6.45, 7) is 3.34. The second-order valence-electron chi connectivity index (χ2n) is 3.30. The first-order valence-corrected chi connectivity index (χ1v) is 4.08. The lowest BCUT2D eigenvalue weighted by atomic mass is 9.99. The fraction of sp³-hybridized carbons (Fsp3) is 0.875. The topological polar surface area (TPSA) is 66.8 Å². The smallest absolute Gasteiger partial charge is 0.309 e. The van der Waals surface area contributed by atoms with Gasteiger partial charge in [-0.25, -0.2) is 0 Å². The van der Waals surface area contributed by atoms with Gasteiger partial charge in [0.2, 0.25) is 0 Å². The number of ether oxygens (including phenoxy) is 1. The van der Waals surface area contributed by atoms with Crippen molar-refractivity contribution in [3.05, 3.63) is 0 Å². The summed E-state index contributed by atoms with van der Waals surface area (Å²) in [4.78, 5) is 10.6. The average molecular weight is 174 g/mol. The van der Waals surface area contributed by atoms with Gasteiger partial charge in [-0.15, -0.1) is 0 Å². The van der Waals surface area contributed by atoms with Crippen LogP contribution in [0.25, 0.3) is 0 Å². The molecule has 1 aliphatic heterocycles. The van der Waals surface area contributed by atoms with Crippen molar-refractivity contribution in [2.24, 2.45) is 5.92 Å². The molecule has 0 aromatic rings. The minimum Gasteiger partial charge on any atom is -0.481 e. The van der Waals surface area contributed by atoms with Gasteiger partial charge < -0.3 is 14.9 Å². The van der Waals surface area contributed by atoms with Crippen molar-refractivity contribution in [3.8, 4) is 0 Å². The molecule has 0 unspecified atom stereocenters. The lowest BCUT2D eigenvalue weighted by molar-refractivity contribution is -0.143. The van der Waals surface area contributed by atoms with E-state index in [1.807, 2.05) is 0 Å². The molecular weight excluding hydrogens is 160 g/mol. The Morgan fingerprint density at radius 2 is 2.25 bits per heavy atom. The largest absolute Gasteiger partial charge is 0.481 e. The highest BCUT2D eigenvalue weighted by Gasteiger charge is 2.38. The third-order valence-corrected chi connectivity index (χ3v) is 2.30. The predicted octanol–water partition coefficient (Wildman–Crippen LogP) is 0.245. The Balaban J connectivity index is 2.56. The maximum Gasteiger partial charge on any atom is 0.309 e. The fourth-order valence-corrected chi connectivity index (χ4v) is 1.48. The van der Waals surface area contributed by atoms with E-state index in [2.05, 4.69) is 0 Å². The maximum atomic E-state index is 10.6. The number of hydrogen-bond donors (Lipinski definition) is 2. The molecule has 1 heterocycles. The normalized spacial score (nSPS) is 38.1. The van der Waals surface area contributed by atoms with E-state index in [4.69, 9.17) is 14.9 Å². The van der Waals surface area contributed by atoms with Crippen molar-refractivity contribution in [2.75, 3.05) is 0 Å². The predicted molar refractivity (Wildman–Crippen MR) is 41.8 cm³/mol. The second kappa shape index (κ2) is 3.41. The Labute approximate surface area is 71.2 Å². The summed E-state index contributed by atoms with van der Waals surface area (Å²) in [5.74, 6) is -1.31. The minimum absolute atomic E-state index is 0.290. The molecule has 1 aliphatic rings. The van der Waals surface area contributed by atoms with E-state index >= 15 is 0 Å². The molecule has 0 bridgehead atoms. The molecule has 12 heavy (non-hydrogen) atoms.